The van der Waals surface area contributed by atoms with Crippen LogP contribution in [0.1, 0.15) is 11.5 Å². The molecule has 0 atom stereocenters. The first kappa shape index (κ1) is 11.4. The van der Waals surface area contributed by atoms with Crippen LogP contribution in [0.15, 0.2) is 39.6 Å². The van der Waals surface area contributed by atoms with Crippen molar-refractivity contribution in [1.29, 1.82) is 0 Å². The Kier molecular flexibility index (Phi) is 3.46. The molecule has 0 unspecified atom stereocenters. The van der Waals surface area contributed by atoms with Gasteiger partial charge in [-0.2, -0.15) is 0 Å². The van der Waals surface area contributed by atoms with Crippen LogP contribution in [0.4, 0.5) is 5.69 Å². The van der Waals surface area contributed by atoms with E-state index in [-0.39, 0.29) is 0 Å². The van der Waals surface area contributed by atoms with Crippen molar-refractivity contribution in [2.45, 2.75) is 17.6 Å². The van der Waals surface area contributed by atoms with E-state index in [1.165, 1.54) is 0 Å². The normalized spacial score (nSPS) is 10.6. The molecule has 0 radical (unpaired) electrons. The predicted octanol–water partition coefficient (Wildman–Crippen LogP) is 4.12. The Hall–Kier alpha value is -1.06. The first-order valence-corrected chi connectivity index (χ1v) is 6.24. The number of furan rings is 1. The largest absolute Gasteiger partial charge is 0.465 e. The van der Waals surface area contributed by atoms with E-state index >= 15 is 0 Å². The fraction of sp³-hybridized carbons (Fsp3) is 0.167. The molecule has 0 aliphatic heterocycles. The number of thioether (sulfide) groups is 1. The molecular weight excluding hydrogens is 242 g/mol. The van der Waals surface area contributed by atoms with Gasteiger partial charge in [0.2, 0.25) is 0 Å². The van der Waals surface area contributed by atoms with Crippen LogP contribution in [0.2, 0.25) is 5.02 Å². The second-order valence-electron chi connectivity index (χ2n) is 3.49. The average molecular weight is 254 g/mol. The quantitative estimate of drug-likeness (QED) is 0.661. The number of halogens is 1. The van der Waals surface area contributed by atoms with Gasteiger partial charge in [-0.05, 0) is 37.3 Å². The smallest absolute Gasteiger partial charge is 0.114 e. The molecule has 0 saturated carbocycles. The van der Waals surface area contributed by atoms with E-state index in [0.717, 1.165) is 32.9 Å². The van der Waals surface area contributed by atoms with E-state index in [1.807, 2.05) is 31.2 Å². The van der Waals surface area contributed by atoms with Gasteiger partial charge in [-0.15, -0.1) is 11.8 Å². The van der Waals surface area contributed by atoms with Crippen LogP contribution in [0.3, 0.4) is 0 Å². The minimum Gasteiger partial charge on any atom is -0.465 e. The Morgan fingerprint density at radius 3 is 2.81 bits per heavy atom. The maximum absolute atomic E-state index is 6.06. The van der Waals surface area contributed by atoms with Crippen molar-refractivity contribution >= 4 is 29.1 Å². The molecule has 1 heterocycles. The van der Waals surface area contributed by atoms with E-state index in [0.29, 0.717) is 0 Å². The second kappa shape index (κ2) is 4.85. The maximum atomic E-state index is 6.06. The molecule has 0 aliphatic carbocycles. The van der Waals surface area contributed by atoms with Crippen molar-refractivity contribution in [2.24, 2.45) is 0 Å². The summed E-state index contributed by atoms with van der Waals surface area (Å²) in [6.45, 7) is 1.93. The van der Waals surface area contributed by atoms with E-state index in [9.17, 15) is 0 Å². The van der Waals surface area contributed by atoms with Gasteiger partial charge in [0.15, 0.2) is 0 Å². The molecule has 0 fully saturated rings. The Labute approximate surface area is 104 Å². The lowest BCUT2D eigenvalue weighted by molar-refractivity contribution is 0.501. The van der Waals surface area contributed by atoms with Gasteiger partial charge in [0.1, 0.15) is 11.5 Å². The van der Waals surface area contributed by atoms with Crippen LogP contribution in [0.25, 0.3) is 0 Å². The van der Waals surface area contributed by atoms with Gasteiger partial charge in [-0.25, -0.2) is 0 Å². The summed E-state index contributed by atoms with van der Waals surface area (Å²) in [5.41, 5.74) is 6.43. The molecule has 1 aromatic carbocycles. The van der Waals surface area contributed by atoms with Crippen molar-refractivity contribution in [3.63, 3.8) is 0 Å². The molecule has 0 bridgehead atoms. The summed E-state index contributed by atoms with van der Waals surface area (Å²) < 4.78 is 5.48. The van der Waals surface area contributed by atoms with Crippen LogP contribution in [0, 0.1) is 6.92 Å². The van der Waals surface area contributed by atoms with Crippen LogP contribution >= 0.6 is 23.4 Å². The third-order valence-corrected chi connectivity index (χ3v) is 3.64. The van der Waals surface area contributed by atoms with Gasteiger partial charge >= 0.3 is 0 Å². The van der Waals surface area contributed by atoms with E-state index in [1.54, 1.807) is 17.8 Å². The standard InChI is InChI=1S/C12H12ClNOS/c1-8-2-4-10(15-8)7-16-12-6-9(14)3-5-11(12)13/h2-6H,7,14H2,1H3. The van der Waals surface area contributed by atoms with E-state index in [4.69, 9.17) is 21.8 Å². The fourth-order valence-electron chi connectivity index (χ4n) is 1.34. The van der Waals surface area contributed by atoms with E-state index < -0.39 is 0 Å². The molecule has 2 N–H and O–H groups in total. The van der Waals surface area contributed by atoms with Crippen molar-refractivity contribution in [2.75, 3.05) is 5.73 Å². The first-order chi connectivity index (χ1) is 7.65. The predicted molar refractivity (Wildman–Crippen MR) is 68.9 cm³/mol. The van der Waals surface area contributed by atoms with Crippen molar-refractivity contribution in [1.82, 2.24) is 0 Å². The SMILES string of the molecule is Cc1ccc(CSc2cc(N)ccc2Cl)o1. The van der Waals surface area contributed by atoms with Crippen LogP contribution in [-0.2, 0) is 5.75 Å². The Morgan fingerprint density at radius 1 is 1.31 bits per heavy atom. The third-order valence-electron chi connectivity index (χ3n) is 2.12. The van der Waals surface area contributed by atoms with Gasteiger partial charge in [0.05, 0.1) is 10.8 Å². The van der Waals surface area contributed by atoms with Crippen molar-refractivity contribution in [3.8, 4) is 0 Å². The minimum atomic E-state index is 0.725. The number of benzene rings is 1. The monoisotopic (exact) mass is 253 g/mol. The molecule has 1 aromatic heterocycles. The van der Waals surface area contributed by atoms with Crippen LogP contribution in [-0.4, -0.2) is 0 Å². The Bertz CT molecular complexity index is 496. The zero-order valence-electron chi connectivity index (χ0n) is 8.87. The number of aryl methyl sites for hydroxylation is 1. The lowest BCUT2D eigenvalue weighted by Gasteiger charge is -2.03. The fourth-order valence-corrected chi connectivity index (χ4v) is 2.50. The lowest BCUT2D eigenvalue weighted by Crippen LogP contribution is -1.85. The van der Waals surface area contributed by atoms with Crippen LogP contribution < -0.4 is 5.73 Å². The highest BCUT2D eigenvalue weighted by molar-refractivity contribution is 7.98. The van der Waals surface area contributed by atoms with Gasteiger partial charge in [-0.1, -0.05) is 11.6 Å². The highest BCUT2D eigenvalue weighted by atomic mass is 35.5. The van der Waals surface area contributed by atoms with Gasteiger partial charge in [-0.3, -0.25) is 0 Å². The molecule has 2 rings (SSSR count). The molecule has 84 valence electrons. The molecule has 0 spiro atoms. The number of hydrogen-bond acceptors (Lipinski definition) is 3. The molecule has 16 heavy (non-hydrogen) atoms. The molecular formula is C12H12ClNOS. The molecule has 4 heteroatoms. The van der Waals surface area contributed by atoms with Gasteiger partial charge < -0.3 is 10.2 Å². The van der Waals surface area contributed by atoms with Gasteiger partial charge in [0.25, 0.3) is 0 Å². The van der Waals surface area contributed by atoms with E-state index in [2.05, 4.69) is 0 Å². The topological polar surface area (TPSA) is 39.2 Å². The number of nitrogens with two attached hydrogens (primary N) is 1. The average Bonchev–Trinajstić information content (AvgIpc) is 2.66. The highest BCUT2D eigenvalue weighted by Crippen LogP contribution is 2.31. The number of nitrogen functional groups attached to an aromatic ring is 1. The molecule has 0 aliphatic rings. The van der Waals surface area contributed by atoms with Crippen molar-refractivity contribution in [3.05, 3.63) is 46.9 Å². The summed E-state index contributed by atoms with van der Waals surface area (Å²) in [4.78, 5) is 0.982. The lowest BCUT2D eigenvalue weighted by atomic mass is 10.3. The number of rotatable bonds is 3. The maximum Gasteiger partial charge on any atom is 0.114 e. The van der Waals surface area contributed by atoms with Gasteiger partial charge in [0, 0.05) is 10.6 Å². The zero-order valence-corrected chi connectivity index (χ0v) is 10.4. The summed E-state index contributed by atoms with van der Waals surface area (Å²) in [7, 11) is 0. The summed E-state index contributed by atoms with van der Waals surface area (Å²) in [6.07, 6.45) is 0. The summed E-state index contributed by atoms with van der Waals surface area (Å²) in [5.74, 6) is 2.63. The zero-order chi connectivity index (χ0) is 11.5. The third kappa shape index (κ3) is 2.74. The summed E-state index contributed by atoms with van der Waals surface area (Å²) in [6, 6.07) is 9.41. The molecule has 0 saturated heterocycles. The van der Waals surface area contributed by atoms with Crippen LogP contribution in [0.5, 0.6) is 0 Å². The highest BCUT2D eigenvalue weighted by Gasteiger charge is 2.04. The summed E-state index contributed by atoms with van der Waals surface area (Å²) in [5, 5.41) is 0.725. The van der Waals surface area contributed by atoms with Crippen molar-refractivity contribution < 1.29 is 4.42 Å². The Balaban J connectivity index is 2.07. The number of hydrogen-bond donors (Lipinski definition) is 1. The molecule has 0 amide bonds. The Morgan fingerprint density at radius 2 is 2.12 bits per heavy atom. The summed E-state index contributed by atoms with van der Waals surface area (Å²) >= 11 is 7.68. The number of anilines is 1. The molecule has 2 nitrogen and oxygen atoms in total. The minimum absolute atomic E-state index is 0.725. The second-order valence-corrected chi connectivity index (χ2v) is 4.92. The molecule has 2 aromatic rings. The first-order valence-electron chi connectivity index (χ1n) is 4.88.